The van der Waals surface area contributed by atoms with Crippen molar-refractivity contribution in [1.29, 1.82) is 0 Å². The van der Waals surface area contributed by atoms with E-state index in [0.29, 0.717) is 6.61 Å². The summed E-state index contributed by atoms with van der Waals surface area (Å²) < 4.78 is 10.5. The second kappa shape index (κ2) is 8.28. The van der Waals surface area contributed by atoms with Gasteiger partial charge in [-0.15, -0.1) is 0 Å². The van der Waals surface area contributed by atoms with Crippen LogP contribution in [0.5, 0.6) is 0 Å². The van der Waals surface area contributed by atoms with Crippen LogP contribution in [0.1, 0.15) is 34.1 Å². The Kier molecular flexibility index (Phi) is 7.75. The first-order valence-corrected chi connectivity index (χ1v) is 10.1. The highest BCUT2D eigenvalue weighted by Gasteiger charge is 2.37. The van der Waals surface area contributed by atoms with Crippen molar-refractivity contribution in [3.63, 3.8) is 0 Å². The lowest BCUT2D eigenvalue weighted by Crippen LogP contribution is -2.47. The summed E-state index contributed by atoms with van der Waals surface area (Å²) in [5.41, 5.74) is 5.27. The number of carbonyl (C=O) groups is 3. The Labute approximate surface area is 133 Å². The van der Waals surface area contributed by atoms with Crippen molar-refractivity contribution in [2.24, 2.45) is 5.73 Å². The minimum Gasteiger partial charge on any atom is -0.456 e. The van der Waals surface area contributed by atoms with Crippen molar-refractivity contribution in [2.45, 2.75) is 58.3 Å². The second-order valence-corrected chi connectivity index (χ2v) is 11.5. The molecule has 3 N–H and O–H groups in total. The van der Waals surface area contributed by atoms with E-state index in [4.69, 9.17) is 10.2 Å². The highest BCUT2D eigenvalue weighted by atomic mass is 28.4. The normalized spacial score (nSPS) is 13.4. The molecule has 0 aliphatic rings. The van der Waals surface area contributed by atoms with Crippen molar-refractivity contribution >= 4 is 26.1 Å². The maximum atomic E-state index is 11.6. The number of esters is 1. The number of nitrogens with one attached hydrogen (secondary N) is 1. The van der Waals surface area contributed by atoms with Gasteiger partial charge in [-0.05, 0) is 24.6 Å². The molecular weight excluding hydrogens is 304 g/mol. The first-order valence-electron chi connectivity index (χ1n) is 7.23. The fourth-order valence-electron chi connectivity index (χ4n) is 1.34. The summed E-state index contributed by atoms with van der Waals surface area (Å²) in [4.78, 5) is 33.6. The van der Waals surface area contributed by atoms with Gasteiger partial charge in [-0.3, -0.25) is 14.4 Å². The van der Waals surface area contributed by atoms with Crippen molar-refractivity contribution in [2.75, 3.05) is 13.2 Å². The quantitative estimate of drug-likeness (QED) is 0.508. The molecule has 0 aromatic carbocycles. The monoisotopic (exact) mass is 332 g/mol. The Hall–Kier alpha value is -1.41. The van der Waals surface area contributed by atoms with Gasteiger partial charge in [-0.25, -0.2) is 0 Å². The predicted molar refractivity (Wildman–Crippen MR) is 85.5 cm³/mol. The molecule has 0 aromatic rings. The maximum Gasteiger partial charge on any atom is 0.303 e. The smallest absolute Gasteiger partial charge is 0.303 e. The Balaban J connectivity index is 4.41. The fourth-order valence-corrected chi connectivity index (χ4v) is 2.40. The lowest BCUT2D eigenvalue weighted by Gasteiger charge is -2.36. The molecule has 128 valence electrons. The van der Waals surface area contributed by atoms with Crippen LogP contribution in [-0.2, 0) is 23.5 Å². The zero-order valence-corrected chi connectivity index (χ0v) is 15.3. The van der Waals surface area contributed by atoms with Gasteiger partial charge in [0.1, 0.15) is 6.04 Å². The topological polar surface area (TPSA) is 108 Å². The molecule has 1 atom stereocenters. The first kappa shape index (κ1) is 20.6. The summed E-state index contributed by atoms with van der Waals surface area (Å²) in [7, 11) is -1.91. The Bertz CT molecular complexity index is 418. The maximum absolute atomic E-state index is 11.6. The van der Waals surface area contributed by atoms with Crippen molar-refractivity contribution in [1.82, 2.24) is 5.32 Å². The Morgan fingerprint density at radius 1 is 1.23 bits per heavy atom. The van der Waals surface area contributed by atoms with E-state index in [-0.39, 0.29) is 11.5 Å². The molecule has 0 heterocycles. The van der Waals surface area contributed by atoms with Gasteiger partial charge in [0, 0.05) is 13.5 Å². The number of carbonyl (C=O) groups excluding carboxylic acids is 3. The molecule has 0 rings (SSSR count). The number of ether oxygens (including phenoxy) is 1. The molecule has 7 nitrogen and oxygen atoms in total. The van der Waals surface area contributed by atoms with Crippen LogP contribution in [-0.4, -0.2) is 45.4 Å². The summed E-state index contributed by atoms with van der Waals surface area (Å²) in [6.45, 7) is 11.7. The Morgan fingerprint density at radius 2 is 1.77 bits per heavy atom. The summed E-state index contributed by atoms with van der Waals surface area (Å²) >= 11 is 0. The number of nitrogens with two attached hydrogens (primary N) is 1. The Morgan fingerprint density at radius 3 is 2.18 bits per heavy atom. The van der Waals surface area contributed by atoms with Crippen LogP contribution in [0.3, 0.4) is 0 Å². The third-order valence-corrected chi connectivity index (χ3v) is 8.30. The molecule has 0 bridgehead atoms. The number of hydrogen-bond donors (Lipinski definition) is 2. The van der Waals surface area contributed by atoms with Gasteiger partial charge >= 0.3 is 5.97 Å². The minimum atomic E-state index is -1.91. The zero-order valence-electron chi connectivity index (χ0n) is 14.3. The average Bonchev–Trinajstić information content (AvgIpc) is 2.33. The highest BCUT2D eigenvalue weighted by molar-refractivity contribution is 6.74. The van der Waals surface area contributed by atoms with Crippen LogP contribution in [0.25, 0.3) is 0 Å². The number of hydrogen-bond acceptors (Lipinski definition) is 5. The molecule has 8 heteroatoms. The SMILES string of the molecule is CC(=O)OCC(=O)N[C@@H](CCO[Si](C)(C)C(C)(C)C)C(N)=O. The molecule has 2 amide bonds. The molecule has 0 fully saturated rings. The minimum absolute atomic E-state index is 0.0633. The van der Waals surface area contributed by atoms with Gasteiger partial charge in [0.2, 0.25) is 5.91 Å². The van der Waals surface area contributed by atoms with E-state index in [1.807, 2.05) is 0 Å². The number of rotatable bonds is 8. The van der Waals surface area contributed by atoms with Crippen LogP contribution in [0.4, 0.5) is 0 Å². The van der Waals surface area contributed by atoms with E-state index < -0.39 is 38.7 Å². The van der Waals surface area contributed by atoms with Gasteiger partial charge in [0.05, 0.1) is 0 Å². The van der Waals surface area contributed by atoms with Crippen molar-refractivity contribution in [3.8, 4) is 0 Å². The lowest BCUT2D eigenvalue weighted by atomic mass is 10.2. The molecule has 0 aromatic heterocycles. The molecule has 0 saturated heterocycles. The second-order valence-electron chi connectivity index (χ2n) is 6.70. The van der Waals surface area contributed by atoms with Gasteiger partial charge in [-0.2, -0.15) is 0 Å². The van der Waals surface area contributed by atoms with E-state index in [2.05, 4.69) is 43.9 Å². The van der Waals surface area contributed by atoms with Gasteiger partial charge in [-0.1, -0.05) is 20.8 Å². The molecule has 0 radical (unpaired) electrons. The third-order valence-electron chi connectivity index (χ3n) is 3.76. The summed E-state index contributed by atoms with van der Waals surface area (Å²) in [5, 5.41) is 2.50. The summed E-state index contributed by atoms with van der Waals surface area (Å²) in [6, 6.07) is -0.840. The third kappa shape index (κ3) is 7.55. The molecule has 0 aliphatic heterocycles. The van der Waals surface area contributed by atoms with Crippen molar-refractivity contribution < 1.29 is 23.5 Å². The standard InChI is InChI=1S/C14H28N2O5Si/c1-10(17)20-9-12(18)16-11(13(15)19)7-8-21-22(5,6)14(2,3)4/h11H,7-9H2,1-6H3,(H2,15,19)(H,16,18)/t11-/m0/s1. The summed E-state index contributed by atoms with van der Waals surface area (Å²) in [5.74, 6) is -1.77. The van der Waals surface area contributed by atoms with Crippen LogP contribution < -0.4 is 11.1 Å². The average molecular weight is 332 g/mol. The zero-order chi connectivity index (χ0) is 17.6. The molecule has 0 aliphatic carbocycles. The van der Waals surface area contributed by atoms with E-state index in [1.54, 1.807) is 0 Å². The highest BCUT2D eigenvalue weighted by Crippen LogP contribution is 2.36. The fraction of sp³-hybridized carbons (Fsp3) is 0.786. The lowest BCUT2D eigenvalue weighted by molar-refractivity contribution is -0.146. The molecule has 0 unspecified atom stereocenters. The van der Waals surface area contributed by atoms with Gasteiger partial charge in [0.25, 0.3) is 5.91 Å². The molecule has 0 saturated carbocycles. The molecule has 22 heavy (non-hydrogen) atoms. The largest absolute Gasteiger partial charge is 0.456 e. The molecular formula is C14H28N2O5Si. The summed E-state index contributed by atoms with van der Waals surface area (Å²) in [6.07, 6.45) is 0.285. The van der Waals surface area contributed by atoms with Crippen LogP contribution in [0, 0.1) is 0 Å². The first-order chi connectivity index (χ1) is 9.86. The van der Waals surface area contributed by atoms with Crippen LogP contribution in [0.15, 0.2) is 0 Å². The van der Waals surface area contributed by atoms with E-state index >= 15 is 0 Å². The van der Waals surface area contributed by atoms with Gasteiger partial charge < -0.3 is 20.2 Å². The van der Waals surface area contributed by atoms with E-state index in [1.165, 1.54) is 6.92 Å². The van der Waals surface area contributed by atoms with Crippen molar-refractivity contribution in [3.05, 3.63) is 0 Å². The predicted octanol–water partition coefficient (Wildman–Crippen LogP) is 0.931. The van der Waals surface area contributed by atoms with E-state index in [9.17, 15) is 14.4 Å². The van der Waals surface area contributed by atoms with E-state index in [0.717, 1.165) is 0 Å². The number of amides is 2. The van der Waals surface area contributed by atoms with Crippen LogP contribution in [0.2, 0.25) is 18.1 Å². The van der Waals surface area contributed by atoms with Crippen LogP contribution >= 0.6 is 0 Å². The van der Waals surface area contributed by atoms with Gasteiger partial charge in [0.15, 0.2) is 14.9 Å². The number of primary amides is 1. The molecule has 0 spiro atoms.